The van der Waals surface area contributed by atoms with Gasteiger partial charge in [0.1, 0.15) is 12.4 Å². The van der Waals surface area contributed by atoms with E-state index in [1.807, 2.05) is 0 Å². The zero-order valence-electron chi connectivity index (χ0n) is 12.0. The topological polar surface area (TPSA) is 78.9 Å². The molecule has 0 aromatic heterocycles. The van der Waals surface area contributed by atoms with Gasteiger partial charge in [-0.2, -0.15) is 0 Å². The van der Waals surface area contributed by atoms with Gasteiger partial charge in [-0.3, -0.25) is 4.79 Å². The molecule has 1 unspecified atom stereocenters. The molecule has 0 saturated carbocycles. The lowest BCUT2D eigenvalue weighted by Crippen LogP contribution is -2.36. The van der Waals surface area contributed by atoms with Gasteiger partial charge >= 0.3 is 12.0 Å². The third-order valence-electron chi connectivity index (χ3n) is 2.72. The first-order valence-corrected chi connectivity index (χ1v) is 6.35. The van der Waals surface area contributed by atoms with Crippen molar-refractivity contribution in [2.75, 3.05) is 25.5 Å². The second-order valence-corrected chi connectivity index (χ2v) is 4.57. The number of urea groups is 1. The summed E-state index contributed by atoms with van der Waals surface area (Å²) < 4.78 is 5.26. The number of terminal acetylenes is 1. The molecule has 0 saturated heterocycles. The average Bonchev–Trinajstić information content (AvgIpc) is 2.45. The lowest BCUT2D eigenvalue weighted by atomic mass is 10.2. The van der Waals surface area contributed by atoms with Crippen LogP contribution in [0.1, 0.15) is 6.92 Å². The largest absolute Gasteiger partial charge is 0.481 e. The quantitative estimate of drug-likeness (QED) is 0.784. The number of carboxylic acids is 1. The van der Waals surface area contributed by atoms with Crippen LogP contribution in [-0.4, -0.2) is 42.2 Å². The van der Waals surface area contributed by atoms with Crippen molar-refractivity contribution in [3.05, 3.63) is 24.3 Å². The Morgan fingerprint density at radius 2 is 2.24 bits per heavy atom. The molecule has 0 spiro atoms. The number of aliphatic carboxylic acids is 1. The second kappa shape index (κ2) is 7.80. The summed E-state index contributed by atoms with van der Waals surface area (Å²) in [6.07, 6.45) is 5.11. The lowest BCUT2D eigenvalue weighted by molar-refractivity contribution is -0.141. The number of rotatable bonds is 6. The van der Waals surface area contributed by atoms with Crippen molar-refractivity contribution in [3.8, 4) is 18.1 Å². The molecule has 1 aromatic rings. The van der Waals surface area contributed by atoms with E-state index in [0.29, 0.717) is 11.4 Å². The third kappa shape index (κ3) is 5.45. The molecular weight excluding hydrogens is 272 g/mol. The summed E-state index contributed by atoms with van der Waals surface area (Å²) in [4.78, 5) is 24.0. The predicted octanol–water partition coefficient (Wildman–Crippen LogP) is 1.88. The molecule has 0 radical (unpaired) electrons. The van der Waals surface area contributed by atoms with E-state index in [2.05, 4.69) is 11.2 Å². The summed E-state index contributed by atoms with van der Waals surface area (Å²) >= 11 is 0. The van der Waals surface area contributed by atoms with Crippen LogP contribution in [0.4, 0.5) is 10.5 Å². The summed E-state index contributed by atoms with van der Waals surface area (Å²) in [5, 5.41) is 11.5. The van der Waals surface area contributed by atoms with Gasteiger partial charge in [0.15, 0.2) is 0 Å². The maximum absolute atomic E-state index is 11.9. The molecule has 0 fully saturated rings. The molecule has 2 amide bonds. The van der Waals surface area contributed by atoms with Crippen LogP contribution < -0.4 is 10.1 Å². The van der Waals surface area contributed by atoms with E-state index in [1.54, 1.807) is 31.2 Å². The van der Waals surface area contributed by atoms with Crippen LogP contribution in [0.25, 0.3) is 0 Å². The van der Waals surface area contributed by atoms with Gasteiger partial charge in [0.2, 0.25) is 0 Å². The number of ether oxygens (including phenoxy) is 1. The number of nitrogens with one attached hydrogen (secondary N) is 1. The number of benzene rings is 1. The van der Waals surface area contributed by atoms with E-state index in [-0.39, 0.29) is 13.2 Å². The highest BCUT2D eigenvalue weighted by Crippen LogP contribution is 2.17. The van der Waals surface area contributed by atoms with Gasteiger partial charge < -0.3 is 20.1 Å². The van der Waals surface area contributed by atoms with Crippen LogP contribution in [0.3, 0.4) is 0 Å². The number of hydrogen-bond donors (Lipinski definition) is 2. The normalized spacial score (nSPS) is 11.1. The van der Waals surface area contributed by atoms with Gasteiger partial charge in [0, 0.05) is 25.3 Å². The average molecular weight is 290 g/mol. The minimum atomic E-state index is -0.945. The SMILES string of the molecule is C#CCOc1cccc(NC(=O)N(C)CC(C)C(=O)O)c1. The van der Waals surface area contributed by atoms with Crippen molar-refractivity contribution in [2.24, 2.45) is 5.92 Å². The molecule has 2 N–H and O–H groups in total. The molecule has 21 heavy (non-hydrogen) atoms. The van der Waals surface area contributed by atoms with E-state index in [0.717, 1.165) is 0 Å². The Morgan fingerprint density at radius 1 is 1.52 bits per heavy atom. The van der Waals surface area contributed by atoms with E-state index in [4.69, 9.17) is 16.3 Å². The van der Waals surface area contributed by atoms with Crippen molar-refractivity contribution in [2.45, 2.75) is 6.92 Å². The molecule has 6 nitrogen and oxygen atoms in total. The number of anilines is 1. The van der Waals surface area contributed by atoms with Crippen molar-refractivity contribution in [3.63, 3.8) is 0 Å². The Hall–Kier alpha value is -2.68. The summed E-state index contributed by atoms with van der Waals surface area (Å²) in [7, 11) is 1.54. The van der Waals surface area contributed by atoms with Crippen molar-refractivity contribution in [1.82, 2.24) is 4.90 Å². The van der Waals surface area contributed by atoms with Gasteiger partial charge in [-0.15, -0.1) is 6.42 Å². The van der Waals surface area contributed by atoms with E-state index >= 15 is 0 Å². The Bertz CT molecular complexity index is 551. The van der Waals surface area contributed by atoms with Gasteiger partial charge in [-0.25, -0.2) is 4.79 Å². The highest BCUT2D eigenvalue weighted by Gasteiger charge is 2.17. The zero-order chi connectivity index (χ0) is 15.8. The smallest absolute Gasteiger partial charge is 0.321 e. The first-order chi connectivity index (χ1) is 9.93. The van der Waals surface area contributed by atoms with Crippen LogP contribution >= 0.6 is 0 Å². The highest BCUT2D eigenvalue weighted by atomic mass is 16.5. The molecule has 0 bridgehead atoms. The van der Waals surface area contributed by atoms with Crippen LogP contribution in [-0.2, 0) is 4.79 Å². The van der Waals surface area contributed by atoms with Gasteiger partial charge in [-0.05, 0) is 12.1 Å². The second-order valence-electron chi connectivity index (χ2n) is 4.57. The van der Waals surface area contributed by atoms with Gasteiger partial charge in [-0.1, -0.05) is 18.9 Å². The first-order valence-electron chi connectivity index (χ1n) is 6.35. The first kappa shape index (κ1) is 16.4. The Labute approximate surface area is 123 Å². The number of carbonyl (C=O) groups excluding carboxylic acids is 1. The molecule has 112 valence electrons. The van der Waals surface area contributed by atoms with Gasteiger partial charge in [0.25, 0.3) is 0 Å². The fraction of sp³-hybridized carbons (Fsp3) is 0.333. The maximum atomic E-state index is 11.9. The zero-order valence-corrected chi connectivity index (χ0v) is 12.0. The van der Waals surface area contributed by atoms with E-state index in [9.17, 15) is 9.59 Å². The predicted molar refractivity (Wildman–Crippen MR) is 79.2 cm³/mol. The Kier molecular flexibility index (Phi) is 6.08. The van der Waals surface area contributed by atoms with Crippen molar-refractivity contribution in [1.29, 1.82) is 0 Å². The number of carbonyl (C=O) groups is 2. The molecule has 6 heteroatoms. The fourth-order valence-corrected chi connectivity index (χ4v) is 1.58. The van der Waals surface area contributed by atoms with E-state index in [1.165, 1.54) is 11.9 Å². The summed E-state index contributed by atoms with van der Waals surface area (Å²) in [6.45, 7) is 1.81. The van der Waals surface area contributed by atoms with Crippen LogP contribution in [0.5, 0.6) is 5.75 Å². The summed E-state index contributed by atoms with van der Waals surface area (Å²) in [6, 6.07) is 6.40. The number of hydrogen-bond acceptors (Lipinski definition) is 3. The molecule has 1 atom stereocenters. The minimum Gasteiger partial charge on any atom is -0.481 e. The highest BCUT2D eigenvalue weighted by molar-refractivity contribution is 5.89. The maximum Gasteiger partial charge on any atom is 0.321 e. The Balaban J connectivity index is 2.62. The summed E-state index contributed by atoms with van der Waals surface area (Å²) in [5.74, 6) is 1.32. The molecular formula is C15H18N2O4. The number of nitrogens with zero attached hydrogens (tertiary/aromatic N) is 1. The lowest BCUT2D eigenvalue weighted by Gasteiger charge is -2.20. The molecule has 1 aromatic carbocycles. The fourth-order valence-electron chi connectivity index (χ4n) is 1.58. The Morgan fingerprint density at radius 3 is 2.86 bits per heavy atom. The molecule has 1 rings (SSSR count). The van der Waals surface area contributed by atoms with Crippen molar-refractivity contribution < 1.29 is 19.4 Å². The third-order valence-corrected chi connectivity index (χ3v) is 2.72. The van der Waals surface area contributed by atoms with E-state index < -0.39 is 17.9 Å². The minimum absolute atomic E-state index is 0.119. The van der Waals surface area contributed by atoms with Crippen molar-refractivity contribution >= 4 is 17.7 Å². The van der Waals surface area contributed by atoms with Gasteiger partial charge in [0.05, 0.1) is 5.92 Å². The number of amides is 2. The molecule has 0 aliphatic heterocycles. The van der Waals surface area contributed by atoms with Crippen LogP contribution in [0, 0.1) is 18.3 Å². The van der Waals surface area contributed by atoms with Crippen LogP contribution in [0.15, 0.2) is 24.3 Å². The standard InChI is InChI=1S/C15H18N2O4/c1-4-8-21-13-7-5-6-12(9-13)16-15(20)17(3)10-11(2)14(18)19/h1,5-7,9,11H,8,10H2,2-3H3,(H,16,20)(H,18,19). The molecule has 0 aliphatic carbocycles. The summed E-state index contributed by atoms with van der Waals surface area (Å²) in [5.41, 5.74) is 0.546. The molecule has 0 aliphatic rings. The monoisotopic (exact) mass is 290 g/mol. The molecule has 0 heterocycles. The number of carboxylic acid groups (broad SMARTS) is 1. The van der Waals surface area contributed by atoms with Crippen LogP contribution in [0.2, 0.25) is 0 Å².